The molecule has 154 valence electrons. The molecule has 2 saturated heterocycles. The first-order valence-corrected chi connectivity index (χ1v) is 10.7. The Kier molecular flexibility index (Phi) is 9.52. The van der Waals surface area contributed by atoms with Crippen LogP contribution < -0.4 is 0 Å². The lowest BCUT2D eigenvalue weighted by molar-refractivity contribution is -0.150. The summed E-state index contributed by atoms with van der Waals surface area (Å²) >= 11 is 0. The maximum absolute atomic E-state index is 6.28. The summed E-state index contributed by atoms with van der Waals surface area (Å²) in [4.78, 5) is 5.13. The fourth-order valence-corrected chi connectivity index (χ4v) is 4.24. The Labute approximate surface area is 172 Å². The molecule has 3 atom stereocenters. The fraction of sp³-hybridized carbons (Fsp3) is 0.520. The van der Waals surface area contributed by atoms with Crippen LogP contribution in [0, 0.1) is 5.92 Å². The molecule has 3 heteroatoms. The second-order valence-corrected chi connectivity index (χ2v) is 7.71. The highest BCUT2D eigenvalue weighted by atomic mass is 16.5. The summed E-state index contributed by atoms with van der Waals surface area (Å²) < 4.78 is 6.28. The third-order valence-electron chi connectivity index (χ3n) is 5.74. The summed E-state index contributed by atoms with van der Waals surface area (Å²) in [5.41, 5.74) is 2.67. The summed E-state index contributed by atoms with van der Waals surface area (Å²) in [5, 5.41) is 0. The van der Waals surface area contributed by atoms with Crippen molar-refractivity contribution in [1.29, 1.82) is 0 Å². The van der Waals surface area contributed by atoms with Crippen LogP contribution in [-0.2, 0) is 4.74 Å². The zero-order valence-electron chi connectivity index (χ0n) is 18.0. The number of ether oxygens (including phenoxy) is 1. The molecule has 3 nitrogen and oxygen atoms in total. The Morgan fingerprint density at radius 3 is 2.64 bits per heavy atom. The number of allylic oxidation sites excluding steroid dienone is 8. The number of piperidine rings is 1. The molecule has 0 amide bonds. The molecular formula is C25H38N2O. The first-order chi connectivity index (χ1) is 13.6. The van der Waals surface area contributed by atoms with E-state index in [2.05, 4.69) is 68.0 Å². The number of likely N-dealkylation sites (tertiary alicyclic amines) is 1. The molecule has 0 aromatic carbocycles. The lowest BCUT2D eigenvalue weighted by atomic mass is 9.88. The van der Waals surface area contributed by atoms with Crippen molar-refractivity contribution in [2.75, 3.05) is 26.2 Å². The molecule has 0 bridgehead atoms. The van der Waals surface area contributed by atoms with Gasteiger partial charge in [0.15, 0.2) is 0 Å². The van der Waals surface area contributed by atoms with Crippen molar-refractivity contribution in [2.45, 2.75) is 52.3 Å². The van der Waals surface area contributed by atoms with Crippen molar-refractivity contribution >= 4 is 0 Å². The van der Waals surface area contributed by atoms with Crippen molar-refractivity contribution in [3.8, 4) is 0 Å². The number of nitrogens with zero attached hydrogens (tertiary/aromatic N) is 2. The quantitative estimate of drug-likeness (QED) is 0.492. The van der Waals surface area contributed by atoms with E-state index in [0.29, 0.717) is 12.0 Å². The minimum atomic E-state index is 0.176. The standard InChI is InChI=1S/C25H38N2O/c1-6-10-12-13-21(5)15-17-26-18-16-24-22(19-26)20-28-25(9-4)27(24)23(8-3)14-11-7-2/h6-8,10-14,22,24-25H,1-2,9,15-20H2,3-5H3/b12-10-,14-11-,21-13+,23-8+. The molecule has 2 fully saturated rings. The van der Waals surface area contributed by atoms with Gasteiger partial charge in [0, 0.05) is 37.3 Å². The van der Waals surface area contributed by atoms with Gasteiger partial charge < -0.3 is 14.5 Å². The summed E-state index contributed by atoms with van der Waals surface area (Å²) in [5.74, 6) is 0.563. The molecule has 2 rings (SSSR count). The van der Waals surface area contributed by atoms with Gasteiger partial charge in [-0.2, -0.15) is 0 Å². The van der Waals surface area contributed by atoms with Crippen LogP contribution >= 0.6 is 0 Å². The van der Waals surface area contributed by atoms with Crippen LogP contribution in [0.2, 0.25) is 0 Å². The monoisotopic (exact) mass is 382 g/mol. The van der Waals surface area contributed by atoms with Gasteiger partial charge >= 0.3 is 0 Å². The molecule has 0 spiro atoms. The maximum atomic E-state index is 6.28. The van der Waals surface area contributed by atoms with Gasteiger partial charge in [-0.25, -0.2) is 0 Å². The highest BCUT2D eigenvalue weighted by Crippen LogP contribution is 2.34. The summed E-state index contributed by atoms with van der Waals surface area (Å²) in [6, 6.07) is 0.558. The Bertz CT molecular complexity index is 628. The van der Waals surface area contributed by atoms with E-state index in [-0.39, 0.29) is 6.23 Å². The van der Waals surface area contributed by atoms with Crippen molar-refractivity contribution in [3.05, 3.63) is 73.0 Å². The van der Waals surface area contributed by atoms with E-state index in [0.717, 1.165) is 39.1 Å². The maximum Gasteiger partial charge on any atom is 0.130 e. The molecule has 3 unspecified atom stereocenters. The average molecular weight is 383 g/mol. The molecule has 0 aromatic rings. The predicted octanol–water partition coefficient (Wildman–Crippen LogP) is 5.47. The van der Waals surface area contributed by atoms with Crippen LogP contribution in [0.15, 0.2) is 73.0 Å². The third-order valence-corrected chi connectivity index (χ3v) is 5.74. The molecule has 0 radical (unpaired) electrons. The zero-order valence-corrected chi connectivity index (χ0v) is 18.0. The van der Waals surface area contributed by atoms with E-state index in [4.69, 9.17) is 4.74 Å². The van der Waals surface area contributed by atoms with Gasteiger partial charge in [0.25, 0.3) is 0 Å². The second kappa shape index (κ2) is 11.9. The largest absolute Gasteiger partial charge is 0.358 e. The minimum Gasteiger partial charge on any atom is -0.358 e. The van der Waals surface area contributed by atoms with Crippen LogP contribution in [0.3, 0.4) is 0 Å². The normalized spacial score (nSPS) is 27.4. The summed E-state index contributed by atoms with van der Waals surface area (Å²) in [6.07, 6.45) is 19.8. The fourth-order valence-electron chi connectivity index (χ4n) is 4.24. The molecule has 28 heavy (non-hydrogen) atoms. The second-order valence-electron chi connectivity index (χ2n) is 7.71. The molecule has 0 aromatic heterocycles. The van der Waals surface area contributed by atoms with Crippen molar-refractivity contribution < 1.29 is 4.74 Å². The SMILES string of the molecule is C=C/C=C\C=C(/C)CCN1CCC2C(COC(CC)N2C(/C=C\C=C)=C/C)C1. The molecule has 0 saturated carbocycles. The highest BCUT2D eigenvalue weighted by Gasteiger charge is 2.40. The lowest BCUT2D eigenvalue weighted by Gasteiger charge is -2.52. The van der Waals surface area contributed by atoms with Crippen molar-refractivity contribution in [3.63, 3.8) is 0 Å². The van der Waals surface area contributed by atoms with Gasteiger partial charge in [0.05, 0.1) is 6.61 Å². The van der Waals surface area contributed by atoms with Crippen LogP contribution in [-0.4, -0.2) is 48.3 Å². The molecule has 2 aliphatic heterocycles. The van der Waals surface area contributed by atoms with Gasteiger partial charge in [-0.05, 0) is 39.2 Å². The van der Waals surface area contributed by atoms with Crippen LogP contribution in [0.25, 0.3) is 0 Å². The van der Waals surface area contributed by atoms with Gasteiger partial charge in [-0.15, -0.1) is 0 Å². The van der Waals surface area contributed by atoms with E-state index in [1.165, 1.54) is 17.7 Å². The van der Waals surface area contributed by atoms with Gasteiger partial charge in [0.1, 0.15) is 6.23 Å². The lowest BCUT2D eigenvalue weighted by Crippen LogP contribution is -2.59. The van der Waals surface area contributed by atoms with Gasteiger partial charge in [-0.1, -0.05) is 68.2 Å². The number of fused-ring (bicyclic) bond motifs is 1. The highest BCUT2D eigenvalue weighted by molar-refractivity contribution is 5.22. The average Bonchev–Trinajstić information content (AvgIpc) is 2.72. The Hall–Kier alpha value is -1.84. The Morgan fingerprint density at radius 2 is 1.96 bits per heavy atom. The first kappa shape index (κ1) is 22.4. The van der Waals surface area contributed by atoms with Crippen LogP contribution in [0.4, 0.5) is 0 Å². The minimum absolute atomic E-state index is 0.176. The predicted molar refractivity (Wildman–Crippen MR) is 121 cm³/mol. The Balaban J connectivity index is 2.01. The van der Waals surface area contributed by atoms with Crippen LogP contribution in [0.5, 0.6) is 0 Å². The smallest absolute Gasteiger partial charge is 0.130 e. The molecule has 0 aliphatic carbocycles. The summed E-state index contributed by atoms with van der Waals surface area (Å²) in [6.45, 7) is 18.3. The van der Waals surface area contributed by atoms with Crippen LogP contribution in [0.1, 0.15) is 40.0 Å². The van der Waals surface area contributed by atoms with Crippen molar-refractivity contribution in [1.82, 2.24) is 9.80 Å². The summed E-state index contributed by atoms with van der Waals surface area (Å²) in [7, 11) is 0. The molecule has 2 aliphatic rings. The topological polar surface area (TPSA) is 15.7 Å². The van der Waals surface area contributed by atoms with E-state index in [1.54, 1.807) is 0 Å². The van der Waals surface area contributed by atoms with E-state index in [1.807, 2.05) is 24.3 Å². The van der Waals surface area contributed by atoms with E-state index in [9.17, 15) is 0 Å². The number of rotatable bonds is 9. The third kappa shape index (κ3) is 6.08. The molecule has 2 heterocycles. The van der Waals surface area contributed by atoms with Gasteiger partial charge in [0.2, 0.25) is 0 Å². The molecule has 0 N–H and O–H groups in total. The zero-order chi connectivity index (χ0) is 20.4. The van der Waals surface area contributed by atoms with Gasteiger partial charge in [-0.3, -0.25) is 0 Å². The number of hydrogen-bond acceptors (Lipinski definition) is 3. The van der Waals surface area contributed by atoms with Crippen molar-refractivity contribution in [2.24, 2.45) is 5.92 Å². The van der Waals surface area contributed by atoms with E-state index < -0.39 is 0 Å². The Morgan fingerprint density at radius 1 is 1.18 bits per heavy atom. The van der Waals surface area contributed by atoms with E-state index >= 15 is 0 Å². The number of hydrogen-bond donors (Lipinski definition) is 0. The first-order valence-electron chi connectivity index (χ1n) is 10.7. The molecular weight excluding hydrogens is 344 g/mol.